The first-order chi connectivity index (χ1) is 19.6. The topological polar surface area (TPSA) is 82.6 Å². The van der Waals surface area contributed by atoms with Crippen LogP contribution in [0, 0.1) is 17.5 Å². The number of ketones is 1. The third-order valence-corrected chi connectivity index (χ3v) is 7.43. The van der Waals surface area contributed by atoms with Crippen molar-refractivity contribution in [2.75, 3.05) is 25.0 Å². The van der Waals surface area contributed by atoms with E-state index in [0.29, 0.717) is 42.5 Å². The molecule has 10 heteroatoms. The molecule has 0 aliphatic carbocycles. The van der Waals surface area contributed by atoms with Gasteiger partial charge < -0.3 is 10.2 Å². The van der Waals surface area contributed by atoms with Crippen LogP contribution in [0.3, 0.4) is 0 Å². The molecule has 2 heterocycles. The summed E-state index contributed by atoms with van der Waals surface area (Å²) < 4.78 is 41.4. The summed E-state index contributed by atoms with van der Waals surface area (Å²) in [7, 11) is 0. The minimum Gasteiger partial charge on any atom is -0.333 e. The predicted molar refractivity (Wildman–Crippen MR) is 148 cm³/mol. The first kappa shape index (κ1) is 28.0. The van der Waals surface area contributed by atoms with Gasteiger partial charge >= 0.3 is 0 Å². The maximum Gasteiger partial charge on any atom is 0.296 e. The molecule has 7 nitrogen and oxygen atoms in total. The van der Waals surface area contributed by atoms with Crippen LogP contribution >= 0.6 is 0 Å². The summed E-state index contributed by atoms with van der Waals surface area (Å²) in [5.74, 6) is -4.92. The number of hydrogen-bond donors (Lipinski definition) is 1. The molecule has 1 aromatic heterocycles. The van der Waals surface area contributed by atoms with Crippen molar-refractivity contribution in [1.82, 2.24) is 14.8 Å². The summed E-state index contributed by atoms with van der Waals surface area (Å²) >= 11 is 0. The van der Waals surface area contributed by atoms with Crippen LogP contribution in [0.2, 0.25) is 0 Å². The fourth-order valence-corrected chi connectivity index (χ4v) is 5.15. The van der Waals surface area contributed by atoms with Gasteiger partial charge in [0.2, 0.25) is 0 Å². The minimum absolute atomic E-state index is 0.0590. The van der Waals surface area contributed by atoms with Crippen molar-refractivity contribution in [3.05, 3.63) is 107 Å². The molecule has 210 valence electrons. The number of piperazine rings is 1. The number of anilines is 1. The van der Waals surface area contributed by atoms with Gasteiger partial charge in [-0.15, -0.1) is 0 Å². The third-order valence-electron chi connectivity index (χ3n) is 7.43. The van der Waals surface area contributed by atoms with E-state index in [4.69, 9.17) is 0 Å². The number of amides is 2. The van der Waals surface area contributed by atoms with Gasteiger partial charge in [0.25, 0.3) is 17.6 Å². The number of halogens is 3. The Kier molecular flexibility index (Phi) is 7.85. The Bertz CT molecular complexity index is 1640. The van der Waals surface area contributed by atoms with Crippen LogP contribution in [0.4, 0.5) is 18.9 Å². The van der Waals surface area contributed by atoms with Gasteiger partial charge in [-0.2, -0.15) is 0 Å². The summed E-state index contributed by atoms with van der Waals surface area (Å²) in [6, 6.07) is 15.5. The zero-order valence-electron chi connectivity index (χ0n) is 22.4. The number of aromatic nitrogens is 1. The van der Waals surface area contributed by atoms with Gasteiger partial charge in [0.05, 0.1) is 11.1 Å². The first-order valence-corrected chi connectivity index (χ1v) is 13.1. The molecule has 41 heavy (non-hydrogen) atoms. The van der Waals surface area contributed by atoms with Crippen LogP contribution < -0.4 is 5.32 Å². The van der Waals surface area contributed by atoms with Gasteiger partial charge in [-0.25, -0.2) is 13.2 Å². The summed E-state index contributed by atoms with van der Waals surface area (Å²) in [6.45, 7) is 4.75. The van der Waals surface area contributed by atoms with Crippen molar-refractivity contribution in [1.29, 1.82) is 0 Å². The Morgan fingerprint density at radius 3 is 2.37 bits per heavy atom. The van der Waals surface area contributed by atoms with E-state index in [2.05, 4.69) is 10.3 Å². The molecular formula is C31H27F3N4O3. The summed E-state index contributed by atoms with van der Waals surface area (Å²) in [6.07, 6.45) is 1.56. The largest absolute Gasteiger partial charge is 0.333 e. The van der Waals surface area contributed by atoms with E-state index in [1.54, 1.807) is 72.6 Å². The smallest absolute Gasteiger partial charge is 0.296 e. The van der Waals surface area contributed by atoms with Crippen molar-refractivity contribution in [3.63, 3.8) is 0 Å². The monoisotopic (exact) mass is 560 g/mol. The molecule has 5 rings (SSSR count). The zero-order valence-corrected chi connectivity index (χ0v) is 22.4. The van der Waals surface area contributed by atoms with E-state index in [9.17, 15) is 27.6 Å². The highest BCUT2D eigenvalue weighted by Gasteiger charge is 2.32. The molecule has 1 fully saturated rings. The Labute approximate surface area is 234 Å². The maximum atomic E-state index is 14.3. The number of Topliss-reactive ketones (excluding diaryl/α,β-unsaturated/α-hetero) is 1. The fourth-order valence-electron chi connectivity index (χ4n) is 5.15. The number of para-hydroxylation sites is 1. The number of carbonyl (C=O) groups is 3. The molecule has 1 saturated heterocycles. The van der Waals surface area contributed by atoms with E-state index in [-0.39, 0.29) is 23.1 Å². The van der Waals surface area contributed by atoms with Crippen LogP contribution in [0.5, 0.6) is 0 Å². The van der Waals surface area contributed by atoms with Crippen molar-refractivity contribution < 1.29 is 27.6 Å². The number of nitrogens with zero attached hydrogens (tertiary/aromatic N) is 3. The van der Waals surface area contributed by atoms with Crippen molar-refractivity contribution in [2.45, 2.75) is 25.9 Å². The van der Waals surface area contributed by atoms with Crippen LogP contribution in [-0.2, 0) is 4.79 Å². The molecule has 1 aliphatic rings. The Morgan fingerprint density at radius 2 is 1.63 bits per heavy atom. The van der Waals surface area contributed by atoms with E-state index < -0.39 is 35.2 Å². The lowest BCUT2D eigenvalue weighted by molar-refractivity contribution is -0.112. The SMILES string of the molecule is CC(c1cc(F)c(F)cc1F)N1CCN(C(=O)c2ccc(NC(=O)C(=O)c3cccc4cccnc34)cc2)[C@H](C)C1. The van der Waals surface area contributed by atoms with Gasteiger partial charge in [-0.1, -0.05) is 18.2 Å². The summed E-state index contributed by atoms with van der Waals surface area (Å²) in [5, 5.41) is 3.32. The molecule has 4 aromatic rings. The molecule has 1 aliphatic heterocycles. The molecule has 1 N–H and O–H groups in total. The van der Waals surface area contributed by atoms with Crippen molar-refractivity contribution in [3.8, 4) is 0 Å². The van der Waals surface area contributed by atoms with E-state index >= 15 is 0 Å². The number of pyridine rings is 1. The van der Waals surface area contributed by atoms with Crippen molar-refractivity contribution >= 4 is 34.2 Å². The number of fused-ring (bicyclic) bond motifs is 1. The molecule has 1 unspecified atom stereocenters. The average Bonchev–Trinajstić information content (AvgIpc) is 2.98. The van der Waals surface area contributed by atoms with Gasteiger partial charge in [0.15, 0.2) is 11.6 Å². The van der Waals surface area contributed by atoms with Gasteiger partial charge in [0, 0.05) is 66.2 Å². The van der Waals surface area contributed by atoms with Gasteiger partial charge in [0.1, 0.15) is 5.82 Å². The second-order valence-electron chi connectivity index (χ2n) is 10.0. The Morgan fingerprint density at radius 1 is 0.927 bits per heavy atom. The van der Waals surface area contributed by atoms with Gasteiger partial charge in [-0.3, -0.25) is 24.3 Å². The highest BCUT2D eigenvalue weighted by molar-refractivity contribution is 6.48. The van der Waals surface area contributed by atoms with E-state index in [1.165, 1.54) is 0 Å². The fraction of sp³-hybridized carbons (Fsp3) is 0.226. The standard InChI is InChI=1S/C31H27F3N4O3/c1-18-17-37(19(2)24-15-26(33)27(34)16-25(24)32)13-14-38(18)31(41)21-8-10-22(11-9-21)36-30(40)29(39)23-7-3-5-20-6-4-12-35-28(20)23/h3-12,15-16,18-19H,13-14,17H2,1-2H3,(H,36,40)/t18-,19?/m1/s1. The van der Waals surface area contributed by atoms with E-state index in [1.807, 2.05) is 11.8 Å². The molecule has 0 radical (unpaired) electrons. The lowest BCUT2D eigenvalue weighted by Crippen LogP contribution is -2.54. The second-order valence-corrected chi connectivity index (χ2v) is 10.0. The van der Waals surface area contributed by atoms with Gasteiger partial charge in [-0.05, 0) is 56.3 Å². The Balaban J connectivity index is 1.22. The quantitative estimate of drug-likeness (QED) is 0.195. The third kappa shape index (κ3) is 5.69. The number of nitrogens with one attached hydrogen (secondary N) is 1. The number of benzene rings is 3. The molecular weight excluding hydrogens is 533 g/mol. The number of hydrogen-bond acceptors (Lipinski definition) is 5. The number of carbonyl (C=O) groups excluding carboxylic acids is 3. The molecule has 2 amide bonds. The molecule has 0 bridgehead atoms. The first-order valence-electron chi connectivity index (χ1n) is 13.1. The lowest BCUT2D eigenvalue weighted by Gasteiger charge is -2.42. The van der Waals surface area contributed by atoms with E-state index in [0.717, 1.165) is 11.5 Å². The molecule has 0 saturated carbocycles. The van der Waals surface area contributed by atoms with Crippen LogP contribution in [0.25, 0.3) is 10.9 Å². The molecule has 3 aromatic carbocycles. The normalized spacial score (nSPS) is 16.4. The highest BCUT2D eigenvalue weighted by atomic mass is 19.2. The highest BCUT2D eigenvalue weighted by Crippen LogP contribution is 2.28. The minimum atomic E-state index is -1.23. The Hall–Kier alpha value is -4.57. The molecule has 0 spiro atoms. The molecule has 2 atom stereocenters. The van der Waals surface area contributed by atoms with Crippen molar-refractivity contribution in [2.24, 2.45) is 0 Å². The second kappa shape index (κ2) is 11.5. The average molecular weight is 561 g/mol. The van der Waals surface area contributed by atoms with Crippen LogP contribution in [0.1, 0.15) is 46.2 Å². The van der Waals surface area contributed by atoms with Crippen LogP contribution in [-0.4, -0.2) is 58.1 Å². The summed E-state index contributed by atoms with van der Waals surface area (Å²) in [5.41, 5.74) is 1.45. The summed E-state index contributed by atoms with van der Waals surface area (Å²) in [4.78, 5) is 46.6. The lowest BCUT2D eigenvalue weighted by atomic mass is 10.0. The zero-order chi connectivity index (χ0) is 29.3. The number of rotatable bonds is 6. The predicted octanol–water partition coefficient (Wildman–Crippen LogP) is 5.38. The maximum absolute atomic E-state index is 14.3. The van der Waals surface area contributed by atoms with Crippen LogP contribution in [0.15, 0.2) is 72.9 Å².